The van der Waals surface area contributed by atoms with E-state index in [1.807, 2.05) is 19.1 Å². The molecule has 17 heavy (non-hydrogen) atoms. The van der Waals surface area contributed by atoms with E-state index in [0.29, 0.717) is 18.6 Å². The molecule has 1 aliphatic rings. The van der Waals surface area contributed by atoms with Crippen molar-refractivity contribution >= 4 is 5.82 Å². The van der Waals surface area contributed by atoms with Crippen LogP contribution in [0.3, 0.4) is 0 Å². The van der Waals surface area contributed by atoms with Crippen LogP contribution in [-0.4, -0.2) is 24.2 Å². The van der Waals surface area contributed by atoms with Crippen molar-refractivity contribution in [2.45, 2.75) is 32.2 Å². The standard InChI is InChI=1S/C13H21N3O/c1-2-17-12-4-3-7-15-13(12)16-9-10-5-6-11(14)8-10/h3-4,7,10-11H,2,5-6,8-9,14H2,1H3,(H,15,16). The van der Waals surface area contributed by atoms with Gasteiger partial charge in [0.15, 0.2) is 11.6 Å². The summed E-state index contributed by atoms with van der Waals surface area (Å²) in [4.78, 5) is 4.31. The molecule has 1 saturated carbocycles. The van der Waals surface area contributed by atoms with Crippen molar-refractivity contribution in [1.82, 2.24) is 4.98 Å². The molecule has 0 radical (unpaired) electrons. The van der Waals surface area contributed by atoms with Crippen LogP contribution in [0.2, 0.25) is 0 Å². The normalized spacial score (nSPS) is 23.6. The Balaban J connectivity index is 1.89. The van der Waals surface area contributed by atoms with E-state index in [1.54, 1.807) is 6.20 Å². The second-order valence-corrected chi connectivity index (χ2v) is 4.60. The number of pyridine rings is 1. The van der Waals surface area contributed by atoms with Crippen LogP contribution in [0, 0.1) is 5.92 Å². The highest BCUT2D eigenvalue weighted by Gasteiger charge is 2.21. The molecule has 1 aromatic heterocycles. The molecule has 2 rings (SSSR count). The quantitative estimate of drug-likeness (QED) is 0.819. The first-order valence-electron chi connectivity index (χ1n) is 6.37. The summed E-state index contributed by atoms with van der Waals surface area (Å²) in [6, 6.07) is 4.22. The van der Waals surface area contributed by atoms with Gasteiger partial charge in [-0.1, -0.05) is 0 Å². The lowest BCUT2D eigenvalue weighted by atomic mass is 10.1. The molecule has 0 amide bonds. The maximum absolute atomic E-state index is 5.90. The second kappa shape index (κ2) is 5.87. The predicted octanol–water partition coefficient (Wildman–Crippen LogP) is 2.02. The molecule has 3 N–H and O–H groups in total. The molecule has 2 atom stereocenters. The van der Waals surface area contributed by atoms with Crippen LogP contribution in [0.25, 0.3) is 0 Å². The third-order valence-corrected chi connectivity index (χ3v) is 3.21. The van der Waals surface area contributed by atoms with E-state index >= 15 is 0 Å². The summed E-state index contributed by atoms with van der Waals surface area (Å²) in [5.41, 5.74) is 5.90. The van der Waals surface area contributed by atoms with Gasteiger partial charge in [-0.05, 0) is 44.2 Å². The molecular formula is C13H21N3O. The Kier molecular flexibility index (Phi) is 4.20. The largest absolute Gasteiger partial charge is 0.490 e. The van der Waals surface area contributed by atoms with Crippen LogP contribution >= 0.6 is 0 Å². The Morgan fingerprint density at radius 2 is 2.41 bits per heavy atom. The molecule has 1 fully saturated rings. The van der Waals surface area contributed by atoms with Gasteiger partial charge < -0.3 is 15.8 Å². The molecule has 1 heterocycles. The Bertz CT molecular complexity index is 356. The van der Waals surface area contributed by atoms with Crippen molar-refractivity contribution in [2.24, 2.45) is 11.7 Å². The van der Waals surface area contributed by atoms with Crippen LogP contribution in [0.5, 0.6) is 5.75 Å². The number of nitrogens with two attached hydrogens (primary N) is 1. The van der Waals surface area contributed by atoms with Gasteiger partial charge in [0.05, 0.1) is 6.61 Å². The highest BCUT2D eigenvalue weighted by molar-refractivity contribution is 5.49. The Morgan fingerprint density at radius 3 is 3.12 bits per heavy atom. The fourth-order valence-corrected chi connectivity index (χ4v) is 2.34. The summed E-state index contributed by atoms with van der Waals surface area (Å²) in [5, 5.41) is 3.37. The smallest absolute Gasteiger partial charge is 0.168 e. The Labute approximate surface area is 103 Å². The number of hydrogen-bond donors (Lipinski definition) is 2. The minimum absolute atomic E-state index is 0.386. The first-order chi connectivity index (χ1) is 8.29. The van der Waals surface area contributed by atoms with E-state index in [2.05, 4.69) is 10.3 Å². The lowest BCUT2D eigenvalue weighted by molar-refractivity contribution is 0.340. The number of ether oxygens (including phenoxy) is 1. The predicted molar refractivity (Wildman–Crippen MR) is 69.2 cm³/mol. The maximum Gasteiger partial charge on any atom is 0.168 e. The van der Waals surface area contributed by atoms with E-state index in [1.165, 1.54) is 6.42 Å². The fraction of sp³-hybridized carbons (Fsp3) is 0.615. The second-order valence-electron chi connectivity index (χ2n) is 4.60. The van der Waals surface area contributed by atoms with Crippen LogP contribution < -0.4 is 15.8 Å². The highest BCUT2D eigenvalue weighted by Crippen LogP contribution is 2.26. The van der Waals surface area contributed by atoms with Crippen LogP contribution in [-0.2, 0) is 0 Å². The number of nitrogens with zero attached hydrogens (tertiary/aromatic N) is 1. The molecule has 0 aliphatic heterocycles. The Hall–Kier alpha value is -1.29. The lowest BCUT2D eigenvalue weighted by Gasteiger charge is -2.14. The molecule has 94 valence electrons. The van der Waals surface area contributed by atoms with Gasteiger partial charge in [0.25, 0.3) is 0 Å². The van der Waals surface area contributed by atoms with Gasteiger partial charge in [-0.2, -0.15) is 0 Å². The lowest BCUT2D eigenvalue weighted by Crippen LogP contribution is -2.18. The average Bonchev–Trinajstić information content (AvgIpc) is 2.74. The molecular weight excluding hydrogens is 214 g/mol. The van der Waals surface area contributed by atoms with Crippen molar-refractivity contribution < 1.29 is 4.74 Å². The van der Waals surface area contributed by atoms with E-state index in [-0.39, 0.29) is 0 Å². The number of rotatable bonds is 5. The molecule has 0 bridgehead atoms. The highest BCUT2D eigenvalue weighted by atomic mass is 16.5. The van der Waals surface area contributed by atoms with Crippen LogP contribution in [0.1, 0.15) is 26.2 Å². The fourth-order valence-electron chi connectivity index (χ4n) is 2.34. The summed E-state index contributed by atoms with van der Waals surface area (Å²) < 4.78 is 5.52. The SMILES string of the molecule is CCOc1cccnc1NCC1CCC(N)C1. The van der Waals surface area contributed by atoms with Crippen LogP contribution in [0.4, 0.5) is 5.82 Å². The van der Waals surface area contributed by atoms with Gasteiger partial charge in [0.2, 0.25) is 0 Å². The molecule has 1 aromatic rings. The number of nitrogens with one attached hydrogen (secondary N) is 1. The van der Waals surface area contributed by atoms with Gasteiger partial charge in [0.1, 0.15) is 0 Å². The molecule has 0 aromatic carbocycles. The van der Waals surface area contributed by atoms with E-state index in [0.717, 1.165) is 31.0 Å². The minimum Gasteiger partial charge on any atom is -0.490 e. The van der Waals surface area contributed by atoms with Crippen molar-refractivity contribution in [3.8, 4) is 5.75 Å². The first kappa shape index (κ1) is 12.2. The van der Waals surface area contributed by atoms with Gasteiger partial charge in [0, 0.05) is 18.8 Å². The van der Waals surface area contributed by atoms with Gasteiger partial charge in [-0.15, -0.1) is 0 Å². The number of aromatic nitrogens is 1. The zero-order chi connectivity index (χ0) is 12.1. The first-order valence-corrected chi connectivity index (χ1v) is 6.37. The molecule has 4 nitrogen and oxygen atoms in total. The number of hydrogen-bond acceptors (Lipinski definition) is 4. The third kappa shape index (κ3) is 3.33. The summed E-state index contributed by atoms with van der Waals surface area (Å²) in [6.07, 6.45) is 5.26. The van der Waals surface area contributed by atoms with Gasteiger partial charge >= 0.3 is 0 Å². The van der Waals surface area contributed by atoms with Crippen molar-refractivity contribution in [3.05, 3.63) is 18.3 Å². The van der Waals surface area contributed by atoms with E-state index in [4.69, 9.17) is 10.5 Å². The van der Waals surface area contributed by atoms with E-state index < -0.39 is 0 Å². The molecule has 0 spiro atoms. The molecule has 0 saturated heterocycles. The minimum atomic E-state index is 0.386. The molecule has 1 aliphatic carbocycles. The average molecular weight is 235 g/mol. The summed E-state index contributed by atoms with van der Waals surface area (Å²) in [7, 11) is 0. The maximum atomic E-state index is 5.90. The monoisotopic (exact) mass is 235 g/mol. The van der Waals surface area contributed by atoms with Crippen molar-refractivity contribution in [1.29, 1.82) is 0 Å². The molecule has 4 heteroatoms. The third-order valence-electron chi connectivity index (χ3n) is 3.21. The van der Waals surface area contributed by atoms with Crippen molar-refractivity contribution in [3.63, 3.8) is 0 Å². The zero-order valence-electron chi connectivity index (χ0n) is 10.4. The van der Waals surface area contributed by atoms with Gasteiger partial charge in [-0.3, -0.25) is 0 Å². The van der Waals surface area contributed by atoms with Gasteiger partial charge in [-0.25, -0.2) is 4.98 Å². The Morgan fingerprint density at radius 1 is 1.53 bits per heavy atom. The van der Waals surface area contributed by atoms with Crippen molar-refractivity contribution in [2.75, 3.05) is 18.5 Å². The van der Waals surface area contributed by atoms with Crippen LogP contribution in [0.15, 0.2) is 18.3 Å². The topological polar surface area (TPSA) is 60.2 Å². The van der Waals surface area contributed by atoms with E-state index in [9.17, 15) is 0 Å². The summed E-state index contributed by atoms with van der Waals surface area (Å²) in [6.45, 7) is 3.58. The number of anilines is 1. The zero-order valence-corrected chi connectivity index (χ0v) is 10.4. The summed E-state index contributed by atoms with van der Waals surface area (Å²) >= 11 is 0. The summed E-state index contributed by atoms with van der Waals surface area (Å²) in [5.74, 6) is 2.34. The molecule has 2 unspecified atom stereocenters.